The first-order valence-electron chi connectivity index (χ1n) is 12.9. The molecular formula is C28H35N5O6. The molecule has 4 amide bonds. The molecule has 0 aromatic heterocycles. The fourth-order valence-electron chi connectivity index (χ4n) is 4.58. The van der Waals surface area contributed by atoms with Crippen molar-refractivity contribution >= 4 is 29.6 Å². The molecule has 208 valence electrons. The summed E-state index contributed by atoms with van der Waals surface area (Å²) in [7, 11) is 0. The normalized spacial score (nSPS) is 17.1. The lowest BCUT2D eigenvalue weighted by Gasteiger charge is -2.30. The van der Waals surface area contributed by atoms with E-state index in [0.717, 1.165) is 11.1 Å². The number of carboxylic acids is 1. The van der Waals surface area contributed by atoms with Crippen molar-refractivity contribution in [2.24, 2.45) is 11.5 Å². The molecule has 2 aromatic rings. The van der Waals surface area contributed by atoms with Gasteiger partial charge in [0.2, 0.25) is 23.6 Å². The van der Waals surface area contributed by atoms with Crippen molar-refractivity contribution < 1.29 is 29.1 Å². The Kier molecular flexibility index (Phi) is 10.6. The van der Waals surface area contributed by atoms with Crippen LogP contribution in [-0.4, -0.2) is 70.3 Å². The quantitative estimate of drug-likeness (QED) is 0.240. The molecule has 1 fully saturated rings. The molecule has 4 atom stereocenters. The van der Waals surface area contributed by atoms with E-state index in [9.17, 15) is 29.1 Å². The fourth-order valence-corrected chi connectivity index (χ4v) is 4.58. The highest BCUT2D eigenvalue weighted by Crippen LogP contribution is 2.20. The van der Waals surface area contributed by atoms with E-state index in [1.54, 1.807) is 24.3 Å². The minimum absolute atomic E-state index is 0.0279. The number of carbonyl (C=O) groups is 5. The standard InChI is InChI=1S/C28H35N5O6/c29-20(13-14-24(30)34)25(35)31-21(16-18-8-3-1-4-9-18)27(37)33-15-7-12-23(33)26(36)32-22(28(38)39)17-19-10-5-2-6-11-19/h1-6,8-11,20-23H,7,12-17,29H2,(H2,30,34)(H,31,35)(H,32,36)(H,38,39). The van der Waals surface area contributed by atoms with Crippen LogP contribution in [0, 0.1) is 0 Å². The van der Waals surface area contributed by atoms with E-state index in [-0.39, 0.29) is 32.2 Å². The van der Waals surface area contributed by atoms with Crippen LogP contribution in [0.15, 0.2) is 60.7 Å². The molecule has 1 heterocycles. The first-order valence-corrected chi connectivity index (χ1v) is 12.9. The SMILES string of the molecule is NC(=O)CCC(N)C(=O)NC(Cc1ccccc1)C(=O)N1CCCC1C(=O)NC(Cc1ccccc1)C(=O)O. The van der Waals surface area contributed by atoms with Crippen LogP contribution in [-0.2, 0) is 36.8 Å². The molecule has 0 spiro atoms. The molecule has 11 nitrogen and oxygen atoms in total. The molecule has 1 saturated heterocycles. The van der Waals surface area contributed by atoms with Crippen molar-refractivity contribution in [3.8, 4) is 0 Å². The monoisotopic (exact) mass is 537 g/mol. The summed E-state index contributed by atoms with van der Waals surface area (Å²) in [6.07, 6.45) is 1.11. The second-order valence-electron chi connectivity index (χ2n) is 9.64. The number of nitrogens with zero attached hydrogens (tertiary/aromatic N) is 1. The van der Waals surface area contributed by atoms with Gasteiger partial charge in [0.15, 0.2) is 0 Å². The van der Waals surface area contributed by atoms with Crippen LogP contribution in [0.3, 0.4) is 0 Å². The van der Waals surface area contributed by atoms with E-state index in [2.05, 4.69) is 10.6 Å². The van der Waals surface area contributed by atoms with Gasteiger partial charge in [-0.2, -0.15) is 0 Å². The average molecular weight is 538 g/mol. The maximum Gasteiger partial charge on any atom is 0.326 e. The Bertz CT molecular complexity index is 1160. The van der Waals surface area contributed by atoms with Gasteiger partial charge >= 0.3 is 5.97 Å². The number of nitrogens with two attached hydrogens (primary N) is 2. The van der Waals surface area contributed by atoms with Gasteiger partial charge in [-0.25, -0.2) is 4.79 Å². The van der Waals surface area contributed by atoms with Gasteiger partial charge < -0.3 is 32.1 Å². The lowest BCUT2D eigenvalue weighted by atomic mass is 10.0. The molecule has 1 aliphatic rings. The van der Waals surface area contributed by atoms with E-state index in [0.29, 0.717) is 12.8 Å². The number of hydrogen-bond donors (Lipinski definition) is 5. The number of likely N-dealkylation sites (tertiary alicyclic amines) is 1. The van der Waals surface area contributed by atoms with Gasteiger partial charge in [0.1, 0.15) is 18.1 Å². The summed E-state index contributed by atoms with van der Waals surface area (Å²) in [5, 5.41) is 15.0. The van der Waals surface area contributed by atoms with Crippen LogP contribution in [0.2, 0.25) is 0 Å². The first-order chi connectivity index (χ1) is 18.7. The summed E-state index contributed by atoms with van der Waals surface area (Å²) in [6, 6.07) is 13.9. The zero-order valence-electron chi connectivity index (χ0n) is 21.6. The lowest BCUT2D eigenvalue weighted by molar-refractivity contribution is -0.145. The molecule has 0 bridgehead atoms. The fraction of sp³-hybridized carbons (Fsp3) is 0.393. The number of carbonyl (C=O) groups excluding carboxylic acids is 4. The number of primary amides is 1. The van der Waals surface area contributed by atoms with Crippen LogP contribution in [0.1, 0.15) is 36.8 Å². The molecule has 3 rings (SSSR count). The Morgan fingerprint density at radius 3 is 2.00 bits per heavy atom. The zero-order valence-corrected chi connectivity index (χ0v) is 21.6. The third-order valence-corrected chi connectivity index (χ3v) is 6.67. The summed E-state index contributed by atoms with van der Waals surface area (Å²) in [6.45, 7) is 0.280. The second kappa shape index (κ2) is 14.1. The number of hydrogen-bond acceptors (Lipinski definition) is 6. The topological polar surface area (TPSA) is 185 Å². The molecule has 2 aromatic carbocycles. The molecule has 1 aliphatic heterocycles. The Morgan fingerprint density at radius 1 is 0.897 bits per heavy atom. The van der Waals surface area contributed by atoms with Crippen molar-refractivity contribution in [2.75, 3.05) is 6.54 Å². The van der Waals surface area contributed by atoms with Crippen molar-refractivity contribution in [3.63, 3.8) is 0 Å². The summed E-state index contributed by atoms with van der Waals surface area (Å²) in [5.41, 5.74) is 12.6. The third-order valence-electron chi connectivity index (χ3n) is 6.67. The van der Waals surface area contributed by atoms with Gasteiger partial charge in [0.25, 0.3) is 0 Å². The van der Waals surface area contributed by atoms with Crippen LogP contribution >= 0.6 is 0 Å². The van der Waals surface area contributed by atoms with E-state index in [1.807, 2.05) is 36.4 Å². The van der Waals surface area contributed by atoms with E-state index in [1.165, 1.54) is 4.90 Å². The molecule has 4 unspecified atom stereocenters. The van der Waals surface area contributed by atoms with Gasteiger partial charge in [-0.15, -0.1) is 0 Å². The van der Waals surface area contributed by atoms with Crippen LogP contribution in [0.4, 0.5) is 0 Å². The van der Waals surface area contributed by atoms with Crippen LogP contribution in [0.25, 0.3) is 0 Å². The largest absolute Gasteiger partial charge is 0.480 e. The lowest BCUT2D eigenvalue weighted by Crippen LogP contribution is -2.57. The minimum Gasteiger partial charge on any atom is -0.480 e. The second-order valence-corrected chi connectivity index (χ2v) is 9.64. The van der Waals surface area contributed by atoms with Gasteiger partial charge in [0.05, 0.1) is 6.04 Å². The van der Waals surface area contributed by atoms with Crippen molar-refractivity contribution in [1.82, 2.24) is 15.5 Å². The number of benzene rings is 2. The summed E-state index contributed by atoms with van der Waals surface area (Å²) in [5.74, 6) is -3.41. The smallest absolute Gasteiger partial charge is 0.326 e. The van der Waals surface area contributed by atoms with Crippen molar-refractivity contribution in [1.29, 1.82) is 0 Å². The molecule has 0 radical (unpaired) electrons. The summed E-state index contributed by atoms with van der Waals surface area (Å²) in [4.78, 5) is 64.0. The molecular weight excluding hydrogens is 502 g/mol. The summed E-state index contributed by atoms with van der Waals surface area (Å²) >= 11 is 0. The zero-order chi connectivity index (χ0) is 28.4. The highest BCUT2D eigenvalue weighted by Gasteiger charge is 2.39. The Hall–Kier alpha value is -4.25. The molecule has 0 aliphatic carbocycles. The van der Waals surface area contributed by atoms with Crippen LogP contribution < -0.4 is 22.1 Å². The van der Waals surface area contributed by atoms with E-state index in [4.69, 9.17) is 11.5 Å². The number of aliphatic carboxylic acids is 1. The minimum atomic E-state index is -1.18. The number of amides is 4. The number of carboxylic acid groups (broad SMARTS) is 1. The van der Waals surface area contributed by atoms with Crippen molar-refractivity contribution in [2.45, 2.75) is 62.7 Å². The number of nitrogens with one attached hydrogen (secondary N) is 2. The predicted molar refractivity (Wildman–Crippen MR) is 143 cm³/mol. The maximum atomic E-state index is 13.7. The first kappa shape index (κ1) is 29.3. The van der Waals surface area contributed by atoms with Crippen molar-refractivity contribution in [3.05, 3.63) is 71.8 Å². The van der Waals surface area contributed by atoms with E-state index >= 15 is 0 Å². The van der Waals surface area contributed by atoms with E-state index < -0.39 is 53.8 Å². The molecule has 0 saturated carbocycles. The predicted octanol–water partition coefficient (Wildman–Crippen LogP) is 0.110. The van der Waals surface area contributed by atoms with Gasteiger partial charge in [0, 0.05) is 25.8 Å². The number of rotatable bonds is 13. The average Bonchev–Trinajstić information content (AvgIpc) is 3.42. The highest BCUT2D eigenvalue weighted by atomic mass is 16.4. The Balaban J connectivity index is 1.74. The summed E-state index contributed by atoms with van der Waals surface area (Å²) < 4.78 is 0. The molecule has 7 N–H and O–H groups in total. The third kappa shape index (κ3) is 8.64. The Morgan fingerprint density at radius 2 is 1.46 bits per heavy atom. The van der Waals surface area contributed by atoms with Gasteiger partial charge in [-0.3, -0.25) is 19.2 Å². The highest BCUT2D eigenvalue weighted by molar-refractivity contribution is 5.94. The molecule has 11 heteroatoms. The van der Waals surface area contributed by atoms with Crippen LogP contribution in [0.5, 0.6) is 0 Å². The molecule has 39 heavy (non-hydrogen) atoms. The Labute approximate surface area is 226 Å². The van der Waals surface area contributed by atoms with Gasteiger partial charge in [-0.1, -0.05) is 60.7 Å². The van der Waals surface area contributed by atoms with Gasteiger partial charge in [-0.05, 0) is 30.4 Å². The maximum absolute atomic E-state index is 13.7.